The highest BCUT2D eigenvalue weighted by Gasteiger charge is 2.25. The summed E-state index contributed by atoms with van der Waals surface area (Å²) in [5.74, 6) is 0.692. The van der Waals surface area contributed by atoms with E-state index < -0.39 is 4.92 Å². The second-order valence-corrected chi connectivity index (χ2v) is 4.18. The Morgan fingerprint density at radius 2 is 2.24 bits per heavy atom. The molecule has 0 heterocycles. The molecule has 2 rings (SSSR count). The van der Waals surface area contributed by atoms with Crippen LogP contribution in [0.25, 0.3) is 0 Å². The van der Waals surface area contributed by atoms with E-state index in [0.717, 1.165) is 0 Å². The zero-order valence-corrected chi connectivity index (χ0v) is 9.51. The molecule has 1 aromatic carbocycles. The first kappa shape index (κ1) is 11.6. The monoisotopic (exact) mass is 235 g/mol. The molecule has 1 aromatic rings. The third kappa shape index (κ3) is 2.43. The molecule has 1 unspecified atom stereocenters. The largest absolute Gasteiger partial charge is 0.489 e. The lowest BCUT2D eigenvalue weighted by Crippen LogP contribution is -2.13. The highest BCUT2D eigenvalue weighted by Crippen LogP contribution is 2.30. The molecule has 0 spiro atoms. The number of nitrogens with zero attached hydrogens (tertiary/aromatic N) is 1. The van der Waals surface area contributed by atoms with Gasteiger partial charge in [0.1, 0.15) is 17.6 Å². The molecule has 0 saturated heterocycles. The van der Waals surface area contributed by atoms with E-state index in [1.54, 1.807) is 19.1 Å². The molecule has 1 aliphatic carbocycles. The van der Waals surface area contributed by atoms with Crippen LogP contribution in [0.2, 0.25) is 0 Å². The van der Waals surface area contributed by atoms with Gasteiger partial charge in [0.2, 0.25) is 0 Å². The van der Waals surface area contributed by atoms with Gasteiger partial charge in [-0.3, -0.25) is 14.9 Å². The fourth-order valence-corrected chi connectivity index (χ4v) is 1.99. The van der Waals surface area contributed by atoms with Crippen LogP contribution in [-0.2, 0) is 4.79 Å². The van der Waals surface area contributed by atoms with Gasteiger partial charge in [0.25, 0.3) is 5.69 Å². The first-order valence-corrected chi connectivity index (χ1v) is 5.50. The predicted octanol–water partition coefficient (Wildman–Crippen LogP) is 2.40. The maximum atomic E-state index is 11.1. The summed E-state index contributed by atoms with van der Waals surface area (Å²) >= 11 is 0. The molecule has 1 atom stereocenters. The van der Waals surface area contributed by atoms with E-state index >= 15 is 0 Å². The van der Waals surface area contributed by atoms with Gasteiger partial charge < -0.3 is 4.74 Å². The van der Waals surface area contributed by atoms with Gasteiger partial charge in [0.15, 0.2) is 0 Å². The quantitative estimate of drug-likeness (QED) is 0.595. The number of carbonyl (C=O) groups is 1. The summed E-state index contributed by atoms with van der Waals surface area (Å²) < 4.78 is 5.64. The zero-order valence-electron chi connectivity index (χ0n) is 9.51. The van der Waals surface area contributed by atoms with Crippen molar-refractivity contribution in [2.24, 2.45) is 0 Å². The lowest BCUT2D eigenvalue weighted by atomic mass is 10.2. The molecule has 0 aliphatic heterocycles. The number of carbonyl (C=O) groups excluding carboxylic acids is 1. The van der Waals surface area contributed by atoms with Crippen LogP contribution in [0.15, 0.2) is 18.2 Å². The minimum Gasteiger partial charge on any atom is -0.489 e. The van der Waals surface area contributed by atoms with Crippen LogP contribution in [-0.4, -0.2) is 16.8 Å². The van der Waals surface area contributed by atoms with Crippen LogP contribution >= 0.6 is 0 Å². The summed E-state index contributed by atoms with van der Waals surface area (Å²) in [5, 5.41) is 10.8. The van der Waals surface area contributed by atoms with Gasteiger partial charge in [-0.15, -0.1) is 0 Å². The number of Topliss-reactive ketones (excluding diaryl/α,β-unsaturated/α-hetero) is 1. The van der Waals surface area contributed by atoms with Crippen LogP contribution in [0.4, 0.5) is 5.69 Å². The Hall–Kier alpha value is -1.91. The van der Waals surface area contributed by atoms with Crippen molar-refractivity contribution in [1.29, 1.82) is 0 Å². The minimum atomic E-state index is -0.429. The van der Waals surface area contributed by atoms with Crippen LogP contribution < -0.4 is 4.74 Å². The summed E-state index contributed by atoms with van der Waals surface area (Å²) in [6, 6.07) is 4.74. The first-order chi connectivity index (χ1) is 8.08. The number of nitro groups is 1. The summed E-state index contributed by atoms with van der Waals surface area (Å²) in [4.78, 5) is 21.4. The van der Waals surface area contributed by atoms with Crippen molar-refractivity contribution in [2.75, 3.05) is 0 Å². The van der Waals surface area contributed by atoms with Gasteiger partial charge >= 0.3 is 0 Å². The third-order valence-corrected chi connectivity index (χ3v) is 2.95. The molecule has 0 amide bonds. The van der Waals surface area contributed by atoms with E-state index in [0.29, 0.717) is 30.6 Å². The van der Waals surface area contributed by atoms with Gasteiger partial charge in [-0.2, -0.15) is 0 Å². The Labute approximate surface area is 98.5 Å². The smallest absolute Gasteiger partial charge is 0.276 e. The van der Waals surface area contributed by atoms with Crippen LogP contribution in [0.5, 0.6) is 5.75 Å². The van der Waals surface area contributed by atoms with E-state index in [-0.39, 0.29) is 17.6 Å². The summed E-state index contributed by atoms with van der Waals surface area (Å²) in [6.45, 7) is 1.66. The Balaban J connectivity index is 2.18. The minimum absolute atomic E-state index is 0.0480. The number of benzene rings is 1. The topological polar surface area (TPSA) is 69.4 Å². The second-order valence-electron chi connectivity index (χ2n) is 4.18. The fraction of sp³-hybridized carbons (Fsp3) is 0.417. The molecule has 1 aliphatic rings. The van der Waals surface area contributed by atoms with Crippen molar-refractivity contribution in [3.05, 3.63) is 33.9 Å². The molecule has 0 radical (unpaired) electrons. The number of rotatable bonds is 3. The molecule has 1 saturated carbocycles. The molecule has 1 fully saturated rings. The SMILES string of the molecule is Cc1c(OC2CCC(=O)C2)cccc1[N+](=O)[O-]. The highest BCUT2D eigenvalue weighted by atomic mass is 16.6. The first-order valence-electron chi connectivity index (χ1n) is 5.50. The summed E-state index contributed by atoms with van der Waals surface area (Å²) in [5.41, 5.74) is 0.559. The second kappa shape index (κ2) is 4.53. The molecule has 5 nitrogen and oxygen atoms in total. The van der Waals surface area contributed by atoms with E-state index in [1.165, 1.54) is 6.07 Å². The average Bonchev–Trinajstić information content (AvgIpc) is 2.67. The van der Waals surface area contributed by atoms with Crippen LogP contribution in [0, 0.1) is 17.0 Å². The maximum Gasteiger partial charge on any atom is 0.276 e. The van der Waals surface area contributed by atoms with Crippen molar-refractivity contribution in [3.63, 3.8) is 0 Å². The van der Waals surface area contributed by atoms with Crippen molar-refractivity contribution in [1.82, 2.24) is 0 Å². The van der Waals surface area contributed by atoms with Gasteiger partial charge in [-0.1, -0.05) is 6.07 Å². The fourth-order valence-electron chi connectivity index (χ4n) is 1.99. The number of hydrogen-bond donors (Lipinski definition) is 0. The molecule has 0 bridgehead atoms. The van der Waals surface area contributed by atoms with Crippen molar-refractivity contribution < 1.29 is 14.5 Å². The third-order valence-electron chi connectivity index (χ3n) is 2.95. The Morgan fingerprint density at radius 3 is 2.82 bits per heavy atom. The molecular formula is C12H13NO4. The summed E-state index contributed by atoms with van der Waals surface area (Å²) in [6.07, 6.45) is 1.50. The summed E-state index contributed by atoms with van der Waals surface area (Å²) in [7, 11) is 0. The molecule has 5 heteroatoms. The molecule has 0 N–H and O–H groups in total. The van der Waals surface area contributed by atoms with Crippen molar-refractivity contribution >= 4 is 11.5 Å². The highest BCUT2D eigenvalue weighted by molar-refractivity contribution is 5.81. The molecule has 0 aromatic heterocycles. The van der Waals surface area contributed by atoms with E-state index in [4.69, 9.17) is 4.74 Å². The van der Waals surface area contributed by atoms with E-state index in [1.807, 2.05) is 0 Å². The van der Waals surface area contributed by atoms with Crippen LogP contribution in [0.1, 0.15) is 24.8 Å². The number of hydrogen-bond acceptors (Lipinski definition) is 4. The van der Waals surface area contributed by atoms with Gasteiger partial charge in [-0.25, -0.2) is 0 Å². The van der Waals surface area contributed by atoms with E-state index in [2.05, 4.69) is 0 Å². The lowest BCUT2D eigenvalue weighted by Gasteiger charge is -2.14. The van der Waals surface area contributed by atoms with Crippen molar-refractivity contribution in [3.8, 4) is 5.75 Å². The van der Waals surface area contributed by atoms with Gasteiger partial charge in [0, 0.05) is 18.9 Å². The van der Waals surface area contributed by atoms with Crippen LogP contribution in [0.3, 0.4) is 0 Å². The van der Waals surface area contributed by atoms with Crippen molar-refractivity contribution in [2.45, 2.75) is 32.3 Å². The normalized spacial score (nSPS) is 19.4. The Morgan fingerprint density at radius 1 is 1.47 bits per heavy atom. The average molecular weight is 235 g/mol. The van der Waals surface area contributed by atoms with Gasteiger partial charge in [-0.05, 0) is 19.4 Å². The Kier molecular flexibility index (Phi) is 3.08. The standard InChI is InChI=1S/C12H13NO4/c1-8-11(13(15)16)3-2-4-12(8)17-10-6-5-9(14)7-10/h2-4,10H,5-7H2,1H3. The zero-order chi connectivity index (χ0) is 12.4. The molecule has 90 valence electrons. The lowest BCUT2D eigenvalue weighted by molar-refractivity contribution is -0.385. The van der Waals surface area contributed by atoms with E-state index in [9.17, 15) is 14.9 Å². The predicted molar refractivity (Wildman–Crippen MR) is 61.1 cm³/mol. The number of ether oxygens (including phenoxy) is 1. The number of ketones is 1. The molecular weight excluding hydrogens is 222 g/mol. The Bertz CT molecular complexity index is 470. The maximum absolute atomic E-state index is 11.1. The van der Waals surface area contributed by atoms with Gasteiger partial charge in [0.05, 0.1) is 10.5 Å². The molecule has 17 heavy (non-hydrogen) atoms. The number of nitro benzene ring substituents is 1.